The topological polar surface area (TPSA) is 32.3 Å². The molecule has 16 heavy (non-hydrogen) atoms. The Morgan fingerprint density at radius 1 is 1.38 bits per heavy atom. The summed E-state index contributed by atoms with van der Waals surface area (Å²) in [6.07, 6.45) is 2.51. The van der Waals surface area contributed by atoms with Crippen LogP contribution in [0.15, 0.2) is 24.3 Å². The summed E-state index contributed by atoms with van der Waals surface area (Å²) < 4.78 is 12.7. The van der Waals surface area contributed by atoms with E-state index in [0.717, 1.165) is 31.5 Å². The molecule has 0 saturated carbocycles. The van der Waals surface area contributed by atoms with Gasteiger partial charge >= 0.3 is 0 Å². The SMILES string of the molecule is O[C@@H](Cc1ccc(F)cc1)[C@@H]1CCCNC1. The van der Waals surface area contributed by atoms with E-state index in [-0.39, 0.29) is 11.9 Å². The average molecular weight is 223 g/mol. The summed E-state index contributed by atoms with van der Waals surface area (Å²) in [6, 6.07) is 6.38. The van der Waals surface area contributed by atoms with E-state index in [2.05, 4.69) is 5.32 Å². The standard InChI is InChI=1S/C13H18FNO/c14-12-5-3-10(4-6-12)8-13(16)11-2-1-7-15-9-11/h3-6,11,13,15-16H,1-2,7-9H2/t11-,13+/m1/s1. The molecule has 0 aliphatic carbocycles. The highest BCUT2D eigenvalue weighted by Gasteiger charge is 2.21. The Morgan fingerprint density at radius 3 is 2.75 bits per heavy atom. The summed E-state index contributed by atoms with van der Waals surface area (Å²) in [5.41, 5.74) is 1.000. The normalized spacial score (nSPS) is 23.0. The van der Waals surface area contributed by atoms with Gasteiger partial charge < -0.3 is 10.4 Å². The van der Waals surface area contributed by atoms with Crippen LogP contribution in [-0.4, -0.2) is 24.3 Å². The minimum Gasteiger partial charge on any atom is -0.392 e. The van der Waals surface area contributed by atoms with E-state index in [9.17, 15) is 9.50 Å². The number of hydrogen-bond acceptors (Lipinski definition) is 2. The first-order chi connectivity index (χ1) is 7.75. The van der Waals surface area contributed by atoms with E-state index in [0.29, 0.717) is 12.3 Å². The van der Waals surface area contributed by atoms with Crippen LogP contribution in [0.25, 0.3) is 0 Å². The van der Waals surface area contributed by atoms with E-state index in [1.165, 1.54) is 12.1 Å². The van der Waals surface area contributed by atoms with Crippen molar-refractivity contribution in [3.8, 4) is 0 Å². The quantitative estimate of drug-likeness (QED) is 0.818. The molecule has 0 aromatic heterocycles. The van der Waals surface area contributed by atoms with Crippen molar-refractivity contribution in [3.63, 3.8) is 0 Å². The first-order valence-corrected chi connectivity index (χ1v) is 5.89. The Hall–Kier alpha value is -0.930. The van der Waals surface area contributed by atoms with Crippen LogP contribution >= 0.6 is 0 Å². The van der Waals surface area contributed by atoms with Gasteiger partial charge in [-0.1, -0.05) is 12.1 Å². The number of nitrogens with one attached hydrogen (secondary N) is 1. The van der Waals surface area contributed by atoms with Gasteiger partial charge in [0.15, 0.2) is 0 Å². The van der Waals surface area contributed by atoms with Crippen molar-refractivity contribution < 1.29 is 9.50 Å². The van der Waals surface area contributed by atoms with E-state index in [1.807, 2.05) is 0 Å². The Labute approximate surface area is 95.5 Å². The van der Waals surface area contributed by atoms with Crippen LogP contribution in [0.1, 0.15) is 18.4 Å². The maximum absolute atomic E-state index is 12.7. The zero-order valence-corrected chi connectivity index (χ0v) is 9.32. The maximum Gasteiger partial charge on any atom is 0.123 e. The molecular weight excluding hydrogens is 205 g/mol. The van der Waals surface area contributed by atoms with Crippen molar-refractivity contribution in [1.29, 1.82) is 0 Å². The number of benzene rings is 1. The first-order valence-electron chi connectivity index (χ1n) is 5.89. The van der Waals surface area contributed by atoms with Gasteiger partial charge in [0.1, 0.15) is 5.82 Å². The van der Waals surface area contributed by atoms with Gasteiger partial charge in [-0.05, 0) is 49.4 Å². The Morgan fingerprint density at radius 2 is 2.12 bits per heavy atom. The first kappa shape index (κ1) is 11.6. The van der Waals surface area contributed by atoms with Crippen molar-refractivity contribution in [2.45, 2.75) is 25.4 Å². The molecule has 2 N–H and O–H groups in total. The van der Waals surface area contributed by atoms with Crippen LogP contribution in [0.2, 0.25) is 0 Å². The third-order valence-electron chi connectivity index (χ3n) is 3.24. The largest absolute Gasteiger partial charge is 0.392 e. The molecule has 88 valence electrons. The molecule has 3 heteroatoms. The number of hydrogen-bond donors (Lipinski definition) is 2. The van der Waals surface area contributed by atoms with E-state index < -0.39 is 0 Å². The number of aliphatic hydroxyl groups excluding tert-OH is 1. The van der Waals surface area contributed by atoms with Crippen molar-refractivity contribution in [1.82, 2.24) is 5.32 Å². The lowest BCUT2D eigenvalue weighted by Gasteiger charge is -2.27. The van der Waals surface area contributed by atoms with Crippen LogP contribution in [0, 0.1) is 11.7 Å². The number of rotatable bonds is 3. The second-order valence-electron chi connectivity index (χ2n) is 4.50. The fraction of sp³-hybridized carbons (Fsp3) is 0.538. The third kappa shape index (κ3) is 3.03. The fourth-order valence-corrected chi connectivity index (χ4v) is 2.24. The molecule has 2 nitrogen and oxygen atoms in total. The highest BCUT2D eigenvalue weighted by atomic mass is 19.1. The number of aliphatic hydroxyl groups is 1. The fourth-order valence-electron chi connectivity index (χ4n) is 2.24. The van der Waals surface area contributed by atoms with Gasteiger partial charge in [0.2, 0.25) is 0 Å². The van der Waals surface area contributed by atoms with Gasteiger partial charge in [-0.3, -0.25) is 0 Å². The second kappa shape index (κ2) is 5.41. The molecule has 0 bridgehead atoms. The lowest BCUT2D eigenvalue weighted by atomic mass is 9.90. The van der Waals surface area contributed by atoms with Gasteiger partial charge in [-0.25, -0.2) is 4.39 Å². The Kier molecular flexibility index (Phi) is 3.91. The second-order valence-corrected chi connectivity index (χ2v) is 4.50. The maximum atomic E-state index is 12.7. The molecule has 0 radical (unpaired) electrons. The van der Waals surface area contributed by atoms with Gasteiger partial charge in [0.05, 0.1) is 6.10 Å². The third-order valence-corrected chi connectivity index (χ3v) is 3.24. The molecule has 1 aromatic rings. The molecule has 1 aliphatic heterocycles. The number of halogens is 1. The minimum atomic E-state index is -0.321. The highest BCUT2D eigenvalue weighted by Crippen LogP contribution is 2.18. The van der Waals surface area contributed by atoms with Crippen LogP contribution in [-0.2, 0) is 6.42 Å². The lowest BCUT2D eigenvalue weighted by Crippen LogP contribution is -2.37. The summed E-state index contributed by atoms with van der Waals surface area (Å²) in [5, 5.41) is 13.4. The predicted molar refractivity (Wildman–Crippen MR) is 61.7 cm³/mol. The molecule has 2 atom stereocenters. The average Bonchev–Trinajstić information content (AvgIpc) is 2.33. The molecule has 0 amide bonds. The zero-order valence-electron chi connectivity index (χ0n) is 9.32. The summed E-state index contributed by atoms with van der Waals surface area (Å²) in [7, 11) is 0. The highest BCUT2D eigenvalue weighted by molar-refractivity contribution is 5.17. The van der Waals surface area contributed by atoms with E-state index in [1.54, 1.807) is 12.1 Å². The van der Waals surface area contributed by atoms with Crippen molar-refractivity contribution in [2.75, 3.05) is 13.1 Å². The lowest BCUT2D eigenvalue weighted by molar-refractivity contribution is 0.0922. The molecule has 2 rings (SSSR count). The molecular formula is C13H18FNO. The summed E-state index contributed by atoms with van der Waals surface area (Å²) in [6.45, 7) is 1.95. The molecule has 1 aliphatic rings. The van der Waals surface area contributed by atoms with Crippen LogP contribution < -0.4 is 5.32 Å². The predicted octanol–water partition coefficient (Wildman–Crippen LogP) is 1.73. The van der Waals surface area contributed by atoms with Crippen molar-refractivity contribution >= 4 is 0 Å². The van der Waals surface area contributed by atoms with Crippen LogP contribution in [0.3, 0.4) is 0 Å². The molecule has 0 spiro atoms. The molecule has 0 unspecified atom stereocenters. The summed E-state index contributed by atoms with van der Waals surface area (Å²) in [5.74, 6) is 0.108. The molecule has 1 saturated heterocycles. The van der Waals surface area contributed by atoms with Gasteiger partial charge in [0, 0.05) is 6.54 Å². The van der Waals surface area contributed by atoms with Crippen molar-refractivity contribution in [2.24, 2.45) is 5.92 Å². The Bertz CT molecular complexity index is 319. The van der Waals surface area contributed by atoms with E-state index >= 15 is 0 Å². The molecule has 1 aromatic carbocycles. The zero-order chi connectivity index (χ0) is 11.4. The Balaban J connectivity index is 1.90. The van der Waals surface area contributed by atoms with Crippen LogP contribution in [0.4, 0.5) is 4.39 Å². The van der Waals surface area contributed by atoms with Gasteiger partial charge in [-0.2, -0.15) is 0 Å². The number of piperidine rings is 1. The van der Waals surface area contributed by atoms with Gasteiger partial charge in [-0.15, -0.1) is 0 Å². The van der Waals surface area contributed by atoms with Crippen molar-refractivity contribution in [3.05, 3.63) is 35.6 Å². The van der Waals surface area contributed by atoms with Crippen LogP contribution in [0.5, 0.6) is 0 Å². The monoisotopic (exact) mass is 223 g/mol. The smallest absolute Gasteiger partial charge is 0.123 e. The molecule has 1 fully saturated rings. The van der Waals surface area contributed by atoms with Gasteiger partial charge in [0.25, 0.3) is 0 Å². The molecule has 1 heterocycles. The summed E-state index contributed by atoms with van der Waals surface area (Å²) >= 11 is 0. The van der Waals surface area contributed by atoms with E-state index in [4.69, 9.17) is 0 Å². The summed E-state index contributed by atoms with van der Waals surface area (Å²) in [4.78, 5) is 0. The minimum absolute atomic E-state index is 0.224.